The van der Waals surface area contributed by atoms with Crippen LogP contribution < -0.4 is 9.47 Å². The second-order valence-electron chi connectivity index (χ2n) is 5.81. The monoisotopic (exact) mass is 352 g/mol. The normalized spacial score (nSPS) is 14.6. The molecule has 0 saturated heterocycles. The van der Waals surface area contributed by atoms with Crippen LogP contribution in [0.2, 0.25) is 0 Å². The summed E-state index contributed by atoms with van der Waals surface area (Å²) in [4.78, 5) is 0. The van der Waals surface area contributed by atoms with Crippen molar-refractivity contribution < 1.29 is 31.5 Å². The van der Waals surface area contributed by atoms with Crippen LogP contribution in [0.25, 0.3) is 21.9 Å². The maximum atomic E-state index is 14.6. The molecule has 130 valence electrons. The van der Waals surface area contributed by atoms with Crippen molar-refractivity contribution >= 4 is 21.9 Å². The first-order valence-corrected chi connectivity index (χ1v) is 7.72. The summed E-state index contributed by atoms with van der Waals surface area (Å²) in [6.07, 6.45) is 0.777. The van der Waals surface area contributed by atoms with Gasteiger partial charge in [0.1, 0.15) is 0 Å². The summed E-state index contributed by atoms with van der Waals surface area (Å²) in [5, 5.41) is 0.685. The van der Waals surface area contributed by atoms with E-state index in [0.29, 0.717) is 10.8 Å². The maximum absolute atomic E-state index is 14.6. The van der Waals surface area contributed by atoms with Gasteiger partial charge in [-0.05, 0) is 43.5 Å². The van der Waals surface area contributed by atoms with E-state index in [4.69, 9.17) is 9.15 Å². The fourth-order valence-electron chi connectivity index (χ4n) is 2.76. The van der Waals surface area contributed by atoms with Crippen LogP contribution in [0.4, 0.5) is 17.6 Å². The Labute approximate surface area is 139 Å². The van der Waals surface area contributed by atoms with Crippen molar-refractivity contribution in [3.8, 4) is 11.5 Å². The Kier molecular flexibility index (Phi) is 3.78. The van der Waals surface area contributed by atoms with Crippen LogP contribution >= 0.6 is 0 Å². The molecule has 0 N–H and O–H groups in total. The van der Waals surface area contributed by atoms with Crippen molar-refractivity contribution in [3.05, 3.63) is 48.2 Å². The van der Waals surface area contributed by atoms with E-state index in [1.807, 2.05) is 0 Å². The molecule has 0 unspecified atom stereocenters. The van der Waals surface area contributed by atoms with Crippen LogP contribution in [0.3, 0.4) is 0 Å². The highest BCUT2D eigenvalue weighted by molar-refractivity contribution is 6.06. The summed E-state index contributed by atoms with van der Waals surface area (Å²) in [7, 11) is 0. The average molecular weight is 352 g/mol. The van der Waals surface area contributed by atoms with E-state index in [1.165, 1.54) is 18.2 Å². The molecule has 1 heterocycles. The SMILES string of the molecule is FC(F)=COc1ccc2c(oc3c(F)c(OC4CCC4)ccc32)c1F. The lowest BCUT2D eigenvalue weighted by atomic mass is 9.96. The van der Waals surface area contributed by atoms with E-state index in [9.17, 15) is 17.6 Å². The van der Waals surface area contributed by atoms with Crippen LogP contribution in [0.1, 0.15) is 19.3 Å². The standard InChI is InChI=1S/C18H12F4O3/c19-14(20)8-23-12-6-4-10-11-5-7-13(24-9-2-1-3-9)16(22)18(11)25-17(10)15(12)21/h4-9H,1-3H2. The molecule has 3 aromatic rings. The van der Waals surface area contributed by atoms with Gasteiger partial charge in [0.25, 0.3) is 0 Å². The molecular formula is C18H12F4O3. The van der Waals surface area contributed by atoms with Crippen molar-refractivity contribution in [2.24, 2.45) is 0 Å². The number of halogens is 4. The van der Waals surface area contributed by atoms with Gasteiger partial charge in [-0.1, -0.05) is 0 Å². The summed E-state index contributed by atoms with van der Waals surface area (Å²) in [6, 6.07) is 5.67. The summed E-state index contributed by atoms with van der Waals surface area (Å²) in [5.74, 6) is -2.08. The second-order valence-corrected chi connectivity index (χ2v) is 5.81. The third kappa shape index (κ3) is 2.69. The van der Waals surface area contributed by atoms with E-state index in [-0.39, 0.29) is 29.3 Å². The number of rotatable bonds is 4. The fourth-order valence-corrected chi connectivity index (χ4v) is 2.76. The zero-order chi connectivity index (χ0) is 17.6. The van der Waals surface area contributed by atoms with E-state index in [0.717, 1.165) is 19.3 Å². The average Bonchev–Trinajstić information content (AvgIpc) is 2.92. The number of hydrogen-bond donors (Lipinski definition) is 0. The largest absolute Gasteiger partial charge is 0.487 e. The second kappa shape index (κ2) is 5.98. The van der Waals surface area contributed by atoms with Gasteiger partial charge in [-0.15, -0.1) is 0 Å². The van der Waals surface area contributed by atoms with Crippen LogP contribution in [0.5, 0.6) is 11.5 Å². The molecule has 0 radical (unpaired) electrons. The molecule has 1 aliphatic rings. The van der Waals surface area contributed by atoms with Crippen molar-refractivity contribution in [1.82, 2.24) is 0 Å². The molecule has 1 saturated carbocycles. The summed E-state index contributed by atoms with van der Waals surface area (Å²) in [6.45, 7) is 0. The quantitative estimate of drug-likeness (QED) is 0.432. The van der Waals surface area contributed by atoms with Gasteiger partial charge in [-0.3, -0.25) is 0 Å². The highest BCUT2D eigenvalue weighted by Gasteiger charge is 2.24. The number of hydrogen-bond acceptors (Lipinski definition) is 3. The van der Waals surface area contributed by atoms with Crippen LogP contribution in [0.15, 0.2) is 41.0 Å². The Bertz CT molecular complexity index is 985. The first kappa shape index (κ1) is 15.8. The van der Waals surface area contributed by atoms with Crippen molar-refractivity contribution in [1.29, 1.82) is 0 Å². The summed E-state index contributed by atoms with van der Waals surface area (Å²) < 4.78 is 68.7. The minimum atomic E-state index is -2.10. The number of benzene rings is 2. The molecule has 25 heavy (non-hydrogen) atoms. The topological polar surface area (TPSA) is 31.6 Å². The van der Waals surface area contributed by atoms with Gasteiger partial charge < -0.3 is 13.9 Å². The zero-order valence-corrected chi connectivity index (χ0v) is 12.8. The van der Waals surface area contributed by atoms with Gasteiger partial charge in [0.2, 0.25) is 11.6 Å². The van der Waals surface area contributed by atoms with E-state index in [1.54, 1.807) is 6.07 Å². The smallest absolute Gasteiger partial charge is 0.305 e. The third-order valence-corrected chi connectivity index (χ3v) is 4.24. The molecule has 1 fully saturated rings. The highest BCUT2D eigenvalue weighted by Crippen LogP contribution is 2.38. The predicted molar refractivity (Wildman–Crippen MR) is 82.8 cm³/mol. The number of fused-ring (bicyclic) bond motifs is 3. The summed E-state index contributed by atoms with van der Waals surface area (Å²) in [5.41, 5.74) is -0.407. The first-order chi connectivity index (χ1) is 12.0. The highest BCUT2D eigenvalue weighted by atomic mass is 19.3. The molecule has 0 atom stereocenters. The minimum Gasteiger partial charge on any atom is -0.487 e. The van der Waals surface area contributed by atoms with Gasteiger partial charge in [-0.2, -0.15) is 17.6 Å². The third-order valence-electron chi connectivity index (χ3n) is 4.24. The van der Waals surface area contributed by atoms with Crippen LogP contribution in [-0.4, -0.2) is 6.10 Å². The van der Waals surface area contributed by atoms with Gasteiger partial charge in [0.15, 0.2) is 28.9 Å². The lowest BCUT2D eigenvalue weighted by Crippen LogP contribution is -2.24. The molecule has 4 rings (SSSR count). The molecule has 2 aromatic carbocycles. The first-order valence-electron chi connectivity index (χ1n) is 7.72. The molecular weight excluding hydrogens is 340 g/mol. The van der Waals surface area contributed by atoms with E-state index >= 15 is 0 Å². The molecule has 0 bridgehead atoms. The Balaban J connectivity index is 1.81. The van der Waals surface area contributed by atoms with Crippen molar-refractivity contribution in [2.45, 2.75) is 25.4 Å². The Morgan fingerprint density at radius 1 is 0.960 bits per heavy atom. The van der Waals surface area contributed by atoms with Gasteiger partial charge in [-0.25, -0.2) is 0 Å². The van der Waals surface area contributed by atoms with Gasteiger partial charge >= 0.3 is 6.08 Å². The molecule has 0 amide bonds. The Morgan fingerprint density at radius 3 is 2.12 bits per heavy atom. The minimum absolute atomic E-state index is 0.0181. The number of furan rings is 1. The lowest BCUT2D eigenvalue weighted by Gasteiger charge is -2.26. The number of ether oxygens (including phenoxy) is 2. The van der Waals surface area contributed by atoms with Crippen LogP contribution in [-0.2, 0) is 0 Å². The fraction of sp³-hybridized carbons (Fsp3) is 0.222. The predicted octanol–water partition coefficient (Wildman–Crippen LogP) is 5.91. The zero-order valence-electron chi connectivity index (χ0n) is 12.8. The molecule has 1 aliphatic carbocycles. The molecule has 3 nitrogen and oxygen atoms in total. The Morgan fingerprint density at radius 2 is 1.56 bits per heavy atom. The van der Waals surface area contributed by atoms with E-state index in [2.05, 4.69) is 4.74 Å². The molecule has 0 spiro atoms. The van der Waals surface area contributed by atoms with Gasteiger partial charge in [0, 0.05) is 10.8 Å². The van der Waals surface area contributed by atoms with Crippen LogP contribution in [0, 0.1) is 11.6 Å². The summed E-state index contributed by atoms with van der Waals surface area (Å²) >= 11 is 0. The van der Waals surface area contributed by atoms with E-state index < -0.39 is 23.5 Å². The Hall–Kier alpha value is -2.70. The molecule has 0 aliphatic heterocycles. The van der Waals surface area contributed by atoms with Crippen molar-refractivity contribution in [2.75, 3.05) is 0 Å². The van der Waals surface area contributed by atoms with Gasteiger partial charge in [0.05, 0.1) is 6.10 Å². The van der Waals surface area contributed by atoms with Crippen molar-refractivity contribution in [3.63, 3.8) is 0 Å². The molecule has 7 heteroatoms. The maximum Gasteiger partial charge on any atom is 0.305 e. The molecule has 1 aromatic heterocycles. The lowest BCUT2D eigenvalue weighted by molar-refractivity contribution is 0.115.